The van der Waals surface area contributed by atoms with Crippen molar-refractivity contribution in [3.05, 3.63) is 53.3 Å². The average molecular weight is 430 g/mol. The number of amides is 1. The maximum absolute atomic E-state index is 13.5. The van der Waals surface area contributed by atoms with E-state index in [4.69, 9.17) is 14.2 Å². The summed E-state index contributed by atoms with van der Waals surface area (Å²) in [6.45, 7) is 8.37. The molecule has 6 heteroatoms. The summed E-state index contributed by atoms with van der Waals surface area (Å²) in [6.07, 6.45) is 2.95. The third-order valence-electron chi connectivity index (χ3n) is 5.46. The molecule has 1 amide bonds. The third kappa shape index (κ3) is 5.69. The summed E-state index contributed by atoms with van der Waals surface area (Å²) in [5.74, 6) is 1.45. The molecule has 0 N–H and O–H groups in total. The second-order valence-electron chi connectivity index (χ2n) is 7.60. The lowest BCUT2D eigenvalue weighted by Gasteiger charge is -2.26. The van der Waals surface area contributed by atoms with Gasteiger partial charge in [-0.25, -0.2) is 4.39 Å². The minimum absolute atomic E-state index is 0.0565. The van der Waals surface area contributed by atoms with E-state index in [0.717, 1.165) is 24.8 Å². The molecule has 1 aliphatic heterocycles. The molecule has 1 saturated heterocycles. The first-order valence-electron chi connectivity index (χ1n) is 11.2. The maximum atomic E-state index is 13.5. The molecule has 2 aromatic rings. The highest BCUT2D eigenvalue weighted by molar-refractivity contribution is 5.95. The van der Waals surface area contributed by atoms with Crippen LogP contribution >= 0.6 is 0 Å². The largest absolute Gasteiger partial charge is 0.490 e. The van der Waals surface area contributed by atoms with E-state index in [1.54, 1.807) is 12.1 Å². The number of likely N-dealkylation sites (tertiary alicyclic amines) is 1. The van der Waals surface area contributed by atoms with Crippen molar-refractivity contribution in [3.63, 3.8) is 0 Å². The van der Waals surface area contributed by atoms with Crippen molar-refractivity contribution in [2.75, 3.05) is 32.9 Å². The molecule has 5 nitrogen and oxygen atoms in total. The molecule has 0 radical (unpaired) electrons. The molecule has 3 rings (SSSR count). The normalized spacial score (nSPS) is 16.5. The van der Waals surface area contributed by atoms with E-state index >= 15 is 0 Å². The Morgan fingerprint density at radius 2 is 1.58 bits per heavy atom. The number of ether oxygens (including phenoxy) is 3. The number of halogens is 1. The van der Waals surface area contributed by atoms with Crippen molar-refractivity contribution in [3.8, 4) is 17.2 Å². The van der Waals surface area contributed by atoms with Crippen LogP contribution < -0.4 is 14.2 Å². The summed E-state index contributed by atoms with van der Waals surface area (Å²) in [6, 6.07) is 10.1. The highest BCUT2D eigenvalue weighted by Crippen LogP contribution is 2.40. The van der Waals surface area contributed by atoms with Crippen LogP contribution in [0.25, 0.3) is 0 Å². The maximum Gasteiger partial charge on any atom is 0.254 e. The summed E-state index contributed by atoms with van der Waals surface area (Å²) < 4.78 is 30.6. The fraction of sp³-hybridized carbons (Fsp3) is 0.480. The molecule has 168 valence electrons. The molecular weight excluding hydrogens is 397 g/mol. The lowest BCUT2D eigenvalue weighted by molar-refractivity contribution is 0.0753. The van der Waals surface area contributed by atoms with E-state index in [0.29, 0.717) is 55.7 Å². The van der Waals surface area contributed by atoms with Crippen LogP contribution in [0.3, 0.4) is 0 Å². The first kappa shape index (κ1) is 22.9. The molecule has 2 aromatic carbocycles. The van der Waals surface area contributed by atoms with Gasteiger partial charge in [0.25, 0.3) is 5.91 Å². The van der Waals surface area contributed by atoms with Gasteiger partial charge in [-0.3, -0.25) is 4.79 Å². The van der Waals surface area contributed by atoms with Crippen molar-refractivity contribution >= 4 is 5.91 Å². The zero-order valence-corrected chi connectivity index (χ0v) is 18.7. The Morgan fingerprint density at radius 3 is 2.16 bits per heavy atom. The number of hydrogen-bond donors (Lipinski definition) is 0. The van der Waals surface area contributed by atoms with Gasteiger partial charge >= 0.3 is 0 Å². The smallest absolute Gasteiger partial charge is 0.254 e. The van der Waals surface area contributed by atoms with Gasteiger partial charge in [-0.2, -0.15) is 0 Å². The number of carbonyl (C=O) groups is 1. The molecule has 1 heterocycles. The predicted molar refractivity (Wildman–Crippen MR) is 119 cm³/mol. The molecule has 31 heavy (non-hydrogen) atoms. The number of benzene rings is 2. The minimum atomic E-state index is -0.244. The Hall–Kier alpha value is -2.76. The number of carbonyl (C=O) groups excluding carboxylic acids is 1. The van der Waals surface area contributed by atoms with Crippen molar-refractivity contribution in [1.82, 2.24) is 4.90 Å². The topological polar surface area (TPSA) is 48.0 Å². The van der Waals surface area contributed by atoms with Crippen molar-refractivity contribution in [1.29, 1.82) is 0 Å². The summed E-state index contributed by atoms with van der Waals surface area (Å²) >= 11 is 0. The second-order valence-corrected chi connectivity index (χ2v) is 7.60. The van der Waals surface area contributed by atoms with E-state index in [1.165, 1.54) is 12.1 Å². The van der Waals surface area contributed by atoms with Gasteiger partial charge < -0.3 is 19.1 Å². The van der Waals surface area contributed by atoms with Gasteiger partial charge in [-0.1, -0.05) is 18.6 Å². The summed E-state index contributed by atoms with van der Waals surface area (Å²) in [4.78, 5) is 15.4. The van der Waals surface area contributed by atoms with Crippen molar-refractivity contribution < 1.29 is 23.4 Å². The van der Waals surface area contributed by atoms with Gasteiger partial charge in [-0.05, 0) is 63.4 Å². The zero-order chi connectivity index (χ0) is 22.2. The Labute approximate surface area is 184 Å². The van der Waals surface area contributed by atoms with Crippen LogP contribution in [0.1, 0.15) is 61.9 Å². The van der Waals surface area contributed by atoms with E-state index in [-0.39, 0.29) is 17.6 Å². The van der Waals surface area contributed by atoms with Gasteiger partial charge in [0.05, 0.1) is 19.8 Å². The quantitative estimate of drug-likeness (QED) is 0.561. The van der Waals surface area contributed by atoms with Crippen LogP contribution in [-0.4, -0.2) is 43.7 Å². The van der Waals surface area contributed by atoms with Gasteiger partial charge in [0.1, 0.15) is 5.82 Å². The van der Waals surface area contributed by atoms with Gasteiger partial charge in [0, 0.05) is 24.6 Å². The highest BCUT2D eigenvalue weighted by atomic mass is 19.1. The molecular formula is C25H32FNO4. The Morgan fingerprint density at radius 1 is 0.968 bits per heavy atom. The van der Waals surface area contributed by atoms with E-state index in [1.807, 2.05) is 37.8 Å². The summed E-state index contributed by atoms with van der Waals surface area (Å²) in [5.41, 5.74) is 1.59. The Kier molecular flexibility index (Phi) is 8.15. The molecule has 0 bridgehead atoms. The van der Waals surface area contributed by atoms with Crippen LogP contribution in [0.4, 0.5) is 4.39 Å². The van der Waals surface area contributed by atoms with E-state index < -0.39 is 0 Å². The molecule has 1 aliphatic rings. The van der Waals surface area contributed by atoms with Crippen LogP contribution in [0.2, 0.25) is 0 Å². The fourth-order valence-electron chi connectivity index (χ4n) is 4.03. The SMILES string of the molecule is CCOc1cc(C(=O)N2CCCCC(c3ccc(F)cc3)C2)cc(OCC)c1OCC. The van der Waals surface area contributed by atoms with Gasteiger partial charge in [-0.15, -0.1) is 0 Å². The van der Waals surface area contributed by atoms with Crippen molar-refractivity contribution in [2.45, 2.75) is 46.0 Å². The zero-order valence-electron chi connectivity index (χ0n) is 18.7. The first-order chi connectivity index (χ1) is 15.1. The first-order valence-corrected chi connectivity index (χ1v) is 11.2. The van der Waals surface area contributed by atoms with Gasteiger partial charge in [0.2, 0.25) is 5.75 Å². The fourth-order valence-corrected chi connectivity index (χ4v) is 4.03. The molecule has 1 fully saturated rings. The third-order valence-corrected chi connectivity index (χ3v) is 5.46. The number of rotatable bonds is 8. The van der Waals surface area contributed by atoms with Crippen LogP contribution in [0.15, 0.2) is 36.4 Å². The molecule has 0 saturated carbocycles. The van der Waals surface area contributed by atoms with Crippen LogP contribution in [-0.2, 0) is 0 Å². The van der Waals surface area contributed by atoms with Crippen LogP contribution in [0.5, 0.6) is 17.2 Å². The Balaban J connectivity index is 1.89. The van der Waals surface area contributed by atoms with Crippen molar-refractivity contribution in [2.24, 2.45) is 0 Å². The lowest BCUT2D eigenvalue weighted by Crippen LogP contribution is -2.34. The lowest BCUT2D eigenvalue weighted by atomic mass is 9.94. The van der Waals surface area contributed by atoms with E-state index in [9.17, 15) is 9.18 Å². The molecule has 0 spiro atoms. The predicted octanol–water partition coefficient (Wildman–Crippen LogP) is 5.43. The molecule has 0 aliphatic carbocycles. The highest BCUT2D eigenvalue weighted by Gasteiger charge is 2.26. The average Bonchev–Trinajstić information content (AvgIpc) is 3.02. The number of hydrogen-bond acceptors (Lipinski definition) is 4. The standard InChI is InChI=1S/C25H32FNO4/c1-4-29-22-15-20(16-23(30-5-2)24(22)31-6-3)25(28)27-14-8-7-9-19(17-27)18-10-12-21(26)13-11-18/h10-13,15-16,19H,4-9,14,17H2,1-3H3. The monoisotopic (exact) mass is 429 g/mol. The molecule has 1 unspecified atom stereocenters. The Bertz CT molecular complexity index is 841. The number of nitrogens with zero attached hydrogens (tertiary/aromatic N) is 1. The summed E-state index contributed by atoms with van der Waals surface area (Å²) in [7, 11) is 0. The molecule has 1 atom stereocenters. The van der Waals surface area contributed by atoms with Gasteiger partial charge in [0.15, 0.2) is 11.5 Å². The minimum Gasteiger partial charge on any atom is -0.490 e. The molecule has 0 aromatic heterocycles. The second kappa shape index (κ2) is 11.0. The summed E-state index contributed by atoms with van der Waals surface area (Å²) in [5, 5.41) is 0. The van der Waals surface area contributed by atoms with E-state index in [2.05, 4.69) is 0 Å². The van der Waals surface area contributed by atoms with Crippen LogP contribution in [0, 0.1) is 5.82 Å².